The molecule has 1 saturated carbocycles. The monoisotopic (exact) mass is 502 g/mol. The Morgan fingerprint density at radius 2 is 1.67 bits per heavy atom. The molecule has 194 valence electrons. The van der Waals surface area contributed by atoms with Crippen LogP contribution in [0.15, 0.2) is 35.1 Å². The molecular formula is C26H30O10. The average Bonchev–Trinajstić information content (AvgIpc) is 2.79. The molecule has 6 atom stereocenters. The van der Waals surface area contributed by atoms with E-state index in [9.17, 15) is 50.1 Å². The summed E-state index contributed by atoms with van der Waals surface area (Å²) in [5.74, 6) is -7.97. The highest BCUT2D eigenvalue weighted by atomic mass is 16.4. The summed E-state index contributed by atoms with van der Waals surface area (Å²) in [6.45, 7) is 5.43. The number of carbonyl (C=O) groups is 3. The molecule has 0 radical (unpaired) electrons. The van der Waals surface area contributed by atoms with Gasteiger partial charge in [0, 0.05) is 16.9 Å². The van der Waals surface area contributed by atoms with Gasteiger partial charge in [-0.25, -0.2) is 0 Å². The summed E-state index contributed by atoms with van der Waals surface area (Å²) < 4.78 is 0. The number of rotatable bonds is 3. The second-order valence-corrected chi connectivity index (χ2v) is 10.7. The highest BCUT2D eigenvalue weighted by molar-refractivity contribution is 6.24. The van der Waals surface area contributed by atoms with E-state index in [1.54, 1.807) is 13.8 Å². The normalized spacial score (nSPS) is 38.2. The van der Waals surface area contributed by atoms with Gasteiger partial charge in [-0.3, -0.25) is 14.4 Å². The molecule has 2 unspecified atom stereocenters. The van der Waals surface area contributed by atoms with Crippen LogP contribution in [-0.2, 0) is 20.0 Å². The van der Waals surface area contributed by atoms with E-state index in [0.29, 0.717) is 0 Å². The van der Waals surface area contributed by atoms with Crippen LogP contribution < -0.4 is 0 Å². The number of aromatic hydroxyl groups is 1. The molecule has 0 bridgehead atoms. The van der Waals surface area contributed by atoms with Crippen molar-refractivity contribution >= 4 is 23.1 Å². The van der Waals surface area contributed by atoms with Gasteiger partial charge in [0.2, 0.25) is 5.78 Å². The third kappa shape index (κ3) is 2.47. The van der Waals surface area contributed by atoms with E-state index in [-0.39, 0.29) is 5.56 Å². The minimum Gasteiger partial charge on any atom is -0.508 e. The number of ketones is 3. The molecule has 10 nitrogen and oxygen atoms in total. The van der Waals surface area contributed by atoms with Crippen LogP contribution in [0, 0.1) is 22.7 Å². The van der Waals surface area contributed by atoms with E-state index in [1.807, 2.05) is 0 Å². The molecule has 0 heterocycles. The summed E-state index contributed by atoms with van der Waals surface area (Å²) in [6, 6.07) is 3.79. The van der Waals surface area contributed by atoms with Crippen molar-refractivity contribution < 1.29 is 50.1 Å². The second kappa shape index (κ2) is 7.48. The maximum atomic E-state index is 14.2. The predicted octanol–water partition coefficient (Wildman–Crippen LogP) is 0.798. The Morgan fingerprint density at radius 1 is 1.08 bits per heavy atom. The highest BCUT2D eigenvalue weighted by Gasteiger charge is 2.79. The standard InChI is InChI=1S/C26H30O10/c1-10(2)16-18(30)14(11(3)28)20(32)26(36)21(33)17-19(31)15-12(7-6-8-13(15)29)25(35,9-27)23(17,4)22(34)24(16,26)5/h6-8,10,16,22,27,29,31-32,34-36H,9H2,1-5H3/t16?,22-,23+,24+,25?,26+/m1/s1. The zero-order valence-corrected chi connectivity index (χ0v) is 20.5. The third-order valence-electron chi connectivity index (χ3n) is 8.79. The second-order valence-electron chi connectivity index (χ2n) is 10.7. The number of carbonyl (C=O) groups excluding carboxylic acids is 3. The van der Waals surface area contributed by atoms with E-state index in [4.69, 9.17) is 0 Å². The van der Waals surface area contributed by atoms with Crippen LogP contribution in [0.1, 0.15) is 45.7 Å². The number of fused-ring (bicyclic) bond motifs is 3. The van der Waals surface area contributed by atoms with Crippen molar-refractivity contribution in [2.75, 3.05) is 6.61 Å². The number of aliphatic hydroxyl groups is 6. The van der Waals surface area contributed by atoms with Crippen molar-refractivity contribution in [2.45, 2.75) is 51.9 Å². The molecule has 0 spiro atoms. The third-order valence-corrected chi connectivity index (χ3v) is 8.79. The van der Waals surface area contributed by atoms with E-state index in [2.05, 4.69) is 0 Å². The van der Waals surface area contributed by atoms with E-state index < -0.39 is 97.9 Å². The van der Waals surface area contributed by atoms with Crippen molar-refractivity contribution in [2.24, 2.45) is 22.7 Å². The predicted molar refractivity (Wildman–Crippen MR) is 124 cm³/mol. The summed E-state index contributed by atoms with van der Waals surface area (Å²) in [4.78, 5) is 40.1. The molecule has 0 amide bonds. The first-order chi connectivity index (χ1) is 16.5. The number of phenols is 1. The fourth-order valence-corrected chi connectivity index (χ4v) is 6.99. The van der Waals surface area contributed by atoms with Crippen molar-refractivity contribution in [3.8, 4) is 5.75 Å². The molecule has 0 saturated heterocycles. The van der Waals surface area contributed by atoms with E-state index >= 15 is 0 Å². The largest absolute Gasteiger partial charge is 0.508 e. The molecular weight excluding hydrogens is 472 g/mol. The Bertz CT molecular complexity index is 1290. The van der Waals surface area contributed by atoms with Crippen LogP contribution in [-0.4, -0.2) is 71.4 Å². The fraction of sp³-hybridized carbons (Fsp3) is 0.500. The van der Waals surface area contributed by atoms with Crippen molar-refractivity contribution in [3.63, 3.8) is 0 Å². The van der Waals surface area contributed by atoms with Gasteiger partial charge in [0.25, 0.3) is 0 Å². The van der Waals surface area contributed by atoms with Gasteiger partial charge in [-0.15, -0.1) is 0 Å². The molecule has 1 aromatic carbocycles. The summed E-state index contributed by atoms with van der Waals surface area (Å²) >= 11 is 0. The smallest absolute Gasteiger partial charge is 0.203 e. The molecule has 36 heavy (non-hydrogen) atoms. The molecule has 3 aliphatic carbocycles. The molecule has 1 fully saturated rings. The molecule has 4 rings (SSSR count). The van der Waals surface area contributed by atoms with Crippen LogP contribution in [0.3, 0.4) is 0 Å². The Balaban J connectivity index is 2.24. The minimum absolute atomic E-state index is 0.193. The van der Waals surface area contributed by atoms with Crippen molar-refractivity contribution in [1.82, 2.24) is 0 Å². The van der Waals surface area contributed by atoms with Gasteiger partial charge >= 0.3 is 0 Å². The molecule has 7 N–H and O–H groups in total. The molecule has 0 aromatic heterocycles. The summed E-state index contributed by atoms with van der Waals surface area (Å²) in [5, 5.41) is 79.1. The van der Waals surface area contributed by atoms with Crippen molar-refractivity contribution in [1.29, 1.82) is 0 Å². The molecule has 1 aromatic rings. The maximum absolute atomic E-state index is 14.2. The van der Waals surface area contributed by atoms with E-state index in [1.165, 1.54) is 26.0 Å². The van der Waals surface area contributed by atoms with Crippen LogP contribution in [0.5, 0.6) is 5.75 Å². The minimum atomic E-state index is -3.07. The average molecular weight is 503 g/mol. The number of benzene rings is 1. The molecule has 3 aliphatic rings. The maximum Gasteiger partial charge on any atom is 0.203 e. The lowest BCUT2D eigenvalue weighted by atomic mass is 9.39. The van der Waals surface area contributed by atoms with E-state index in [0.717, 1.165) is 13.0 Å². The Morgan fingerprint density at radius 3 is 2.17 bits per heavy atom. The first-order valence-corrected chi connectivity index (χ1v) is 11.5. The number of hydrogen-bond donors (Lipinski definition) is 7. The fourth-order valence-electron chi connectivity index (χ4n) is 6.99. The summed E-state index contributed by atoms with van der Waals surface area (Å²) in [5.41, 5.74) is -12.2. The van der Waals surface area contributed by atoms with Gasteiger partial charge < -0.3 is 35.7 Å². The van der Waals surface area contributed by atoms with Crippen LogP contribution in [0.2, 0.25) is 0 Å². The van der Waals surface area contributed by atoms with Gasteiger partial charge in [0.15, 0.2) is 17.2 Å². The number of phenolic OH excluding ortho intramolecular Hbond substituents is 1. The first-order valence-electron chi connectivity index (χ1n) is 11.5. The van der Waals surface area contributed by atoms with Gasteiger partial charge in [-0.05, 0) is 25.8 Å². The zero-order valence-electron chi connectivity index (χ0n) is 20.5. The SMILES string of the molecule is CC(=O)C1=C(O)[C@]2(O)C(=O)C3=C(O)c4c(O)cccc4C(O)(CO)[C@]3(C)[C@@H](O)[C@]2(C)C(C(C)C)C1=O. The summed E-state index contributed by atoms with van der Waals surface area (Å²) in [7, 11) is 0. The van der Waals surface area contributed by atoms with Crippen LogP contribution >= 0.6 is 0 Å². The lowest BCUT2D eigenvalue weighted by Crippen LogP contribution is -2.78. The Hall–Kier alpha value is -3.05. The molecule has 10 heteroatoms. The molecule has 0 aliphatic heterocycles. The van der Waals surface area contributed by atoms with Gasteiger partial charge in [0.1, 0.15) is 28.4 Å². The quantitative estimate of drug-likeness (QED) is 0.291. The number of aliphatic hydroxyl groups excluding tert-OH is 4. The highest BCUT2D eigenvalue weighted by Crippen LogP contribution is 2.68. The summed E-state index contributed by atoms with van der Waals surface area (Å²) in [6.07, 6.45) is -2.05. The van der Waals surface area contributed by atoms with Gasteiger partial charge in [-0.2, -0.15) is 0 Å². The number of allylic oxidation sites excluding steroid dienone is 1. The number of Topliss-reactive ketones (excluding diaryl/α,β-unsaturated/α-hetero) is 3. The lowest BCUT2D eigenvalue weighted by Gasteiger charge is -2.65. The lowest BCUT2D eigenvalue weighted by molar-refractivity contribution is -0.248. The number of hydrogen-bond acceptors (Lipinski definition) is 10. The zero-order chi connectivity index (χ0) is 27.3. The van der Waals surface area contributed by atoms with Crippen LogP contribution in [0.25, 0.3) is 5.76 Å². The Kier molecular flexibility index (Phi) is 5.41. The van der Waals surface area contributed by atoms with Crippen molar-refractivity contribution in [3.05, 3.63) is 46.2 Å². The van der Waals surface area contributed by atoms with Crippen LogP contribution in [0.4, 0.5) is 0 Å². The van der Waals surface area contributed by atoms with Gasteiger partial charge in [0.05, 0.1) is 29.3 Å². The van der Waals surface area contributed by atoms with Gasteiger partial charge in [-0.1, -0.05) is 32.9 Å². The topological polar surface area (TPSA) is 193 Å². The first kappa shape index (κ1) is 26.0. The Labute approximate surface area is 206 Å².